The van der Waals surface area contributed by atoms with Gasteiger partial charge in [-0.05, 0) is 36.5 Å². The van der Waals surface area contributed by atoms with E-state index < -0.39 is 53.8 Å². The Morgan fingerprint density at radius 2 is 1.53 bits per heavy atom. The van der Waals surface area contributed by atoms with Gasteiger partial charge in [-0.1, -0.05) is 32.4 Å². The van der Waals surface area contributed by atoms with E-state index >= 15 is 0 Å². The van der Waals surface area contributed by atoms with Crippen LogP contribution in [-0.4, -0.2) is 69.7 Å². The summed E-state index contributed by atoms with van der Waals surface area (Å²) in [6.07, 6.45) is 0.244. The molecule has 13 heteroatoms. The monoisotopic (exact) mass is 525 g/mol. The maximum atomic E-state index is 12.9. The number of aromatic hydroxyl groups is 1. The van der Waals surface area contributed by atoms with Crippen LogP contribution in [0.4, 0.5) is 0 Å². The molecule has 9 N–H and O–H groups in total. The van der Waals surface area contributed by atoms with Crippen LogP contribution in [0, 0.1) is 5.92 Å². The molecule has 0 bridgehead atoms. The summed E-state index contributed by atoms with van der Waals surface area (Å²) in [7, 11) is 0. The number of thiol groups is 1. The molecule has 1 aromatic carbocycles. The lowest BCUT2D eigenvalue weighted by Gasteiger charge is -2.25. The van der Waals surface area contributed by atoms with Crippen LogP contribution in [0.2, 0.25) is 0 Å². The summed E-state index contributed by atoms with van der Waals surface area (Å²) >= 11 is 4.07. The van der Waals surface area contributed by atoms with Gasteiger partial charge in [0, 0.05) is 12.2 Å². The second kappa shape index (κ2) is 14.9. The van der Waals surface area contributed by atoms with Crippen molar-refractivity contribution in [2.45, 2.75) is 63.7 Å². The highest BCUT2D eigenvalue weighted by molar-refractivity contribution is 7.80. The molecular formula is C23H35N5O7S. The summed E-state index contributed by atoms with van der Waals surface area (Å²) in [4.78, 5) is 61.0. The molecular weight excluding hydrogens is 490 g/mol. The molecule has 0 radical (unpaired) electrons. The first kappa shape index (κ1) is 30.7. The number of carboxylic acid groups (broad SMARTS) is 1. The fourth-order valence-corrected chi connectivity index (χ4v) is 3.47. The van der Waals surface area contributed by atoms with Crippen LogP contribution in [0.3, 0.4) is 0 Å². The average Bonchev–Trinajstić information content (AvgIpc) is 2.83. The minimum absolute atomic E-state index is 0.0570. The first-order valence-corrected chi connectivity index (χ1v) is 12.1. The number of carbonyl (C=O) groups excluding carboxylic acids is 4. The van der Waals surface area contributed by atoms with Crippen molar-refractivity contribution in [3.63, 3.8) is 0 Å². The highest BCUT2D eigenvalue weighted by Crippen LogP contribution is 2.11. The lowest BCUT2D eigenvalue weighted by Crippen LogP contribution is -2.58. The van der Waals surface area contributed by atoms with Crippen molar-refractivity contribution >= 4 is 42.2 Å². The van der Waals surface area contributed by atoms with Crippen LogP contribution < -0.4 is 27.4 Å². The highest BCUT2D eigenvalue weighted by atomic mass is 32.1. The third kappa shape index (κ3) is 10.1. The quantitative estimate of drug-likeness (QED) is 0.133. The van der Waals surface area contributed by atoms with Crippen molar-refractivity contribution < 1.29 is 34.2 Å². The van der Waals surface area contributed by atoms with Crippen LogP contribution in [0.25, 0.3) is 0 Å². The van der Waals surface area contributed by atoms with Crippen LogP contribution in [0.5, 0.6) is 5.75 Å². The number of nitrogens with two attached hydrogens (primary N) is 2. The zero-order chi connectivity index (χ0) is 27.4. The number of carboxylic acids is 1. The van der Waals surface area contributed by atoms with Gasteiger partial charge in [0.1, 0.15) is 23.9 Å². The minimum Gasteiger partial charge on any atom is -0.508 e. The van der Waals surface area contributed by atoms with Crippen molar-refractivity contribution in [3.8, 4) is 5.75 Å². The predicted octanol–water partition coefficient (Wildman–Crippen LogP) is -0.958. The molecule has 5 atom stereocenters. The van der Waals surface area contributed by atoms with Gasteiger partial charge in [0.2, 0.25) is 23.6 Å². The van der Waals surface area contributed by atoms with E-state index in [-0.39, 0.29) is 36.7 Å². The van der Waals surface area contributed by atoms with Crippen molar-refractivity contribution in [1.82, 2.24) is 16.0 Å². The molecule has 0 aliphatic carbocycles. The Hall–Kier alpha value is -3.32. The Labute approximate surface area is 215 Å². The van der Waals surface area contributed by atoms with E-state index in [2.05, 4.69) is 28.6 Å². The van der Waals surface area contributed by atoms with Crippen molar-refractivity contribution in [3.05, 3.63) is 29.8 Å². The van der Waals surface area contributed by atoms with Crippen LogP contribution >= 0.6 is 12.6 Å². The fraction of sp³-hybridized carbons (Fsp3) is 0.522. The Morgan fingerprint density at radius 1 is 0.972 bits per heavy atom. The molecule has 36 heavy (non-hydrogen) atoms. The van der Waals surface area contributed by atoms with Crippen LogP contribution in [0.1, 0.15) is 38.7 Å². The molecule has 5 unspecified atom stereocenters. The first-order valence-electron chi connectivity index (χ1n) is 11.5. The first-order chi connectivity index (χ1) is 16.9. The molecule has 0 aliphatic rings. The second-order valence-electron chi connectivity index (χ2n) is 8.50. The van der Waals surface area contributed by atoms with Gasteiger partial charge in [0.25, 0.3) is 0 Å². The van der Waals surface area contributed by atoms with E-state index in [9.17, 15) is 34.2 Å². The van der Waals surface area contributed by atoms with Crippen molar-refractivity contribution in [2.75, 3.05) is 5.75 Å². The average molecular weight is 526 g/mol. The number of carbonyl (C=O) groups is 5. The number of aliphatic carboxylic acids is 1. The largest absolute Gasteiger partial charge is 0.508 e. The molecule has 0 aliphatic heterocycles. The molecule has 12 nitrogen and oxygen atoms in total. The summed E-state index contributed by atoms with van der Waals surface area (Å²) in [5.41, 5.74) is 11.8. The fourth-order valence-electron chi connectivity index (χ4n) is 3.22. The van der Waals surface area contributed by atoms with Crippen molar-refractivity contribution in [1.29, 1.82) is 0 Å². The van der Waals surface area contributed by atoms with Gasteiger partial charge < -0.3 is 37.6 Å². The van der Waals surface area contributed by atoms with Crippen LogP contribution in [0.15, 0.2) is 24.3 Å². The Morgan fingerprint density at radius 3 is 2.03 bits per heavy atom. The van der Waals surface area contributed by atoms with E-state index in [4.69, 9.17) is 11.5 Å². The van der Waals surface area contributed by atoms with E-state index in [1.165, 1.54) is 12.1 Å². The molecule has 0 saturated carbocycles. The second-order valence-corrected chi connectivity index (χ2v) is 8.86. The van der Waals surface area contributed by atoms with Gasteiger partial charge in [-0.2, -0.15) is 12.6 Å². The minimum atomic E-state index is -1.24. The summed E-state index contributed by atoms with van der Waals surface area (Å²) < 4.78 is 0. The number of primary amides is 1. The number of phenolic OH excluding ortho intramolecular Hbond substituents is 1. The summed E-state index contributed by atoms with van der Waals surface area (Å²) in [5.74, 6) is -4.58. The number of nitrogens with one attached hydrogen (secondary N) is 3. The number of hydrogen-bond donors (Lipinski definition) is 8. The molecule has 0 fully saturated rings. The number of hydrogen-bond acceptors (Lipinski definition) is 8. The maximum absolute atomic E-state index is 12.9. The van der Waals surface area contributed by atoms with E-state index in [0.717, 1.165) is 0 Å². The molecule has 200 valence electrons. The van der Waals surface area contributed by atoms with E-state index in [0.29, 0.717) is 12.0 Å². The zero-order valence-electron chi connectivity index (χ0n) is 20.3. The standard InChI is InChI=1S/C23H35N5O7S/c1-3-12(2)19(23(34)35)28-22(33)17(11-36)27-21(32)16(8-9-18(25)30)26-20(31)15(24)10-13-4-6-14(29)7-5-13/h4-7,12,15-17,19,29,36H,3,8-11,24H2,1-2H3,(H2,25,30)(H,26,31)(H,27,32)(H,28,33)(H,34,35). The molecule has 0 aromatic heterocycles. The number of benzene rings is 1. The lowest BCUT2D eigenvalue weighted by molar-refractivity contribution is -0.143. The molecule has 0 saturated heterocycles. The van der Waals surface area contributed by atoms with Crippen LogP contribution in [-0.2, 0) is 30.4 Å². The number of amides is 4. The van der Waals surface area contributed by atoms with Gasteiger partial charge in [0.05, 0.1) is 6.04 Å². The summed E-state index contributed by atoms with van der Waals surface area (Å²) in [5, 5.41) is 26.1. The topological polar surface area (TPSA) is 214 Å². The van der Waals surface area contributed by atoms with Gasteiger partial charge in [0.15, 0.2) is 0 Å². The summed E-state index contributed by atoms with van der Waals surface area (Å²) in [6, 6.07) is 1.43. The maximum Gasteiger partial charge on any atom is 0.326 e. The Bertz CT molecular complexity index is 928. The normalized spacial score (nSPS) is 15.0. The molecule has 0 spiro atoms. The third-order valence-electron chi connectivity index (χ3n) is 5.63. The van der Waals surface area contributed by atoms with E-state index in [1.54, 1.807) is 26.0 Å². The molecule has 1 rings (SSSR count). The molecule has 0 heterocycles. The number of rotatable bonds is 15. The SMILES string of the molecule is CCC(C)C(NC(=O)C(CS)NC(=O)C(CCC(N)=O)NC(=O)C(N)Cc1ccc(O)cc1)C(=O)O. The summed E-state index contributed by atoms with van der Waals surface area (Å²) in [6.45, 7) is 3.45. The van der Waals surface area contributed by atoms with Gasteiger partial charge in [-0.3, -0.25) is 19.2 Å². The van der Waals surface area contributed by atoms with Gasteiger partial charge in [-0.25, -0.2) is 4.79 Å². The third-order valence-corrected chi connectivity index (χ3v) is 6.00. The zero-order valence-corrected chi connectivity index (χ0v) is 21.2. The Balaban J connectivity index is 2.91. The lowest BCUT2D eigenvalue weighted by atomic mass is 9.99. The van der Waals surface area contributed by atoms with E-state index in [1.807, 2.05) is 0 Å². The Kier molecular flexibility index (Phi) is 12.7. The van der Waals surface area contributed by atoms with Crippen molar-refractivity contribution in [2.24, 2.45) is 17.4 Å². The van der Waals surface area contributed by atoms with Gasteiger partial charge >= 0.3 is 5.97 Å². The van der Waals surface area contributed by atoms with Gasteiger partial charge in [-0.15, -0.1) is 0 Å². The molecule has 4 amide bonds. The number of phenols is 1. The highest BCUT2D eigenvalue weighted by Gasteiger charge is 2.31. The smallest absolute Gasteiger partial charge is 0.326 e. The predicted molar refractivity (Wildman–Crippen MR) is 135 cm³/mol. The molecule has 1 aromatic rings.